The van der Waals surface area contributed by atoms with Crippen molar-refractivity contribution in [3.63, 3.8) is 0 Å². The van der Waals surface area contributed by atoms with Crippen LogP contribution in [0, 0.1) is 18.3 Å². The van der Waals surface area contributed by atoms with Crippen molar-refractivity contribution in [2.45, 2.75) is 64.0 Å². The fourth-order valence-electron chi connectivity index (χ4n) is 6.67. The van der Waals surface area contributed by atoms with E-state index in [2.05, 4.69) is 53.2 Å². The Morgan fingerprint density at radius 2 is 1.90 bits per heavy atom. The summed E-state index contributed by atoms with van der Waals surface area (Å²) >= 11 is 0. The zero-order valence-corrected chi connectivity index (χ0v) is 19.4. The third kappa shape index (κ3) is 3.94. The number of rotatable bonds is 5. The van der Waals surface area contributed by atoms with Gasteiger partial charge in [-0.25, -0.2) is 0 Å². The first-order valence-corrected chi connectivity index (χ1v) is 12.5. The molecule has 2 heterocycles. The van der Waals surface area contributed by atoms with Crippen LogP contribution < -0.4 is 5.32 Å². The molecule has 1 amide bonds. The lowest BCUT2D eigenvalue weighted by atomic mass is 9.60. The Morgan fingerprint density at radius 3 is 2.61 bits per heavy atom. The van der Waals surface area contributed by atoms with E-state index in [-0.39, 0.29) is 11.0 Å². The van der Waals surface area contributed by atoms with Crippen molar-refractivity contribution < 1.29 is 9.53 Å². The number of piperidine rings is 1. The molecular weight excluding hydrogens is 386 g/mol. The lowest BCUT2D eigenvalue weighted by molar-refractivity contribution is -0.146. The smallest absolute Gasteiger partial charge is 0.228 e. The van der Waals surface area contributed by atoms with Crippen LogP contribution in [0.3, 0.4) is 0 Å². The normalized spacial score (nSPS) is 33.5. The number of likely N-dealkylation sites (tertiary alicyclic amines) is 1. The topological polar surface area (TPSA) is 44.8 Å². The highest BCUT2D eigenvalue weighted by Crippen LogP contribution is 2.51. The van der Waals surface area contributed by atoms with Gasteiger partial charge < -0.3 is 15.0 Å². The number of aryl methyl sites for hydroxylation is 1. The summed E-state index contributed by atoms with van der Waals surface area (Å²) in [5.41, 5.74) is 2.26. The predicted octanol–water partition coefficient (Wildman–Crippen LogP) is 3.31. The number of hydrogen-bond donors (Lipinski definition) is 1. The quantitative estimate of drug-likeness (QED) is 0.786. The summed E-state index contributed by atoms with van der Waals surface area (Å²) in [6.45, 7) is 11.3. The molecule has 0 unspecified atom stereocenters. The van der Waals surface area contributed by atoms with Crippen LogP contribution in [0.4, 0.5) is 0 Å². The summed E-state index contributed by atoms with van der Waals surface area (Å²) < 4.78 is 5.58. The molecule has 0 spiro atoms. The number of fused-ring (bicyclic) bond motifs is 1. The van der Waals surface area contributed by atoms with Crippen LogP contribution >= 0.6 is 0 Å². The van der Waals surface area contributed by atoms with Crippen LogP contribution in [-0.4, -0.2) is 67.7 Å². The maximum absolute atomic E-state index is 14.1. The first-order chi connectivity index (χ1) is 15.1. The SMILES string of the molecule is CCN1CC[C@@H]2C[C@@H](N3CCOCC3)CC[C@@]2(C(=O)NC2(c3ccccc3C)CC2)C1. The number of carbonyl (C=O) groups is 1. The Kier molecular flexibility index (Phi) is 5.87. The van der Waals surface area contributed by atoms with Gasteiger partial charge in [0.2, 0.25) is 5.91 Å². The van der Waals surface area contributed by atoms with Crippen molar-refractivity contribution >= 4 is 5.91 Å². The van der Waals surface area contributed by atoms with Gasteiger partial charge in [0.05, 0.1) is 24.2 Å². The van der Waals surface area contributed by atoms with Gasteiger partial charge in [-0.15, -0.1) is 0 Å². The van der Waals surface area contributed by atoms with Crippen molar-refractivity contribution in [2.75, 3.05) is 45.9 Å². The van der Waals surface area contributed by atoms with E-state index in [9.17, 15) is 4.79 Å². The summed E-state index contributed by atoms with van der Waals surface area (Å²) in [5.74, 6) is 0.821. The van der Waals surface area contributed by atoms with Gasteiger partial charge in [-0.2, -0.15) is 0 Å². The molecule has 1 aromatic carbocycles. The average molecular weight is 426 g/mol. The molecule has 1 aromatic rings. The molecule has 5 heteroatoms. The number of nitrogens with one attached hydrogen (secondary N) is 1. The number of hydrogen-bond acceptors (Lipinski definition) is 4. The Balaban J connectivity index is 1.36. The van der Waals surface area contributed by atoms with Gasteiger partial charge in [-0.3, -0.25) is 9.69 Å². The van der Waals surface area contributed by atoms with E-state index >= 15 is 0 Å². The van der Waals surface area contributed by atoms with Crippen LogP contribution in [0.1, 0.15) is 56.6 Å². The predicted molar refractivity (Wildman–Crippen MR) is 123 cm³/mol. The molecule has 0 bridgehead atoms. The molecule has 2 aliphatic heterocycles. The number of nitrogens with zero attached hydrogens (tertiary/aromatic N) is 2. The molecule has 5 nitrogen and oxygen atoms in total. The summed E-state index contributed by atoms with van der Waals surface area (Å²) in [5, 5.41) is 3.62. The maximum Gasteiger partial charge on any atom is 0.228 e. The number of amides is 1. The Labute approximate surface area is 187 Å². The summed E-state index contributed by atoms with van der Waals surface area (Å²) in [7, 11) is 0. The van der Waals surface area contributed by atoms with Gasteiger partial charge in [0.25, 0.3) is 0 Å². The summed E-state index contributed by atoms with van der Waals surface area (Å²) in [6.07, 6.45) is 6.61. The number of ether oxygens (including phenoxy) is 1. The summed E-state index contributed by atoms with van der Waals surface area (Å²) in [4.78, 5) is 19.2. The second-order valence-corrected chi connectivity index (χ2v) is 10.4. The molecule has 1 N–H and O–H groups in total. The van der Waals surface area contributed by atoms with Crippen LogP contribution in [0.2, 0.25) is 0 Å². The fraction of sp³-hybridized carbons (Fsp3) is 0.731. The van der Waals surface area contributed by atoms with Crippen molar-refractivity contribution in [3.8, 4) is 0 Å². The molecule has 5 rings (SSSR count). The minimum atomic E-state index is -0.227. The number of carbonyl (C=O) groups excluding carboxylic acids is 1. The van der Waals surface area contributed by atoms with Gasteiger partial charge in [0.15, 0.2) is 0 Å². The molecule has 2 saturated carbocycles. The fourth-order valence-corrected chi connectivity index (χ4v) is 6.67. The van der Waals surface area contributed by atoms with Crippen LogP contribution in [0.15, 0.2) is 24.3 Å². The van der Waals surface area contributed by atoms with Gasteiger partial charge in [-0.05, 0) is 75.6 Å². The van der Waals surface area contributed by atoms with Crippen molar-refractivity contribution in [3.05, 3.63) is 35.4 Å². The monoisotopic (exact) mass is 425 g/mol. The first kappa shape index (κ1) is 21.4. The molecule has 31 heavy (non-hydrogen) atoms. The van der Waals surface area contributed by atoms with Crippen LogP contribution in [0.5, 0.6) is 0 Å². The molecule has 4 fully saturated rings. The van der Waals surface area contributed by atoms with Crippen molar-refractivity contribution in [2.24, 2.45) is 11.3 Å². The minimum Gasteiger partial charge on any atom is -0.379 e. The molecule has 2 aliphatic carbocycles. The standard InChI is InChI=1S/C26H39N3O2/c1-3-28-13-9-21-18-22(29-14-16-31-17-15-29)8-10-25(21,19-28)24(30)27-26(11-12-26)23-7-5-4-6-20(23)2/h4-7,21-22H,3,8-19H2,1-2H3,(H,27,30)/t21-,22+,25-/m1/s1. The molecule has 0 radical (unpaired) electrons. The van der Waals surface area contributed by atoms with Crippen molar-refractivity contribution in [1.29, 1.82) is 0 Å². The second kappa shape index (κ2) is 8.49. The van der Waals surface area contributed by atoms with Crippen LogP contribution in [-0.2, 0) is 15.1 Å². The Hall–Kier alpha value is -1.43. The zero-order valence-electron chi connectivity index (χ0n) is 19.4. The van der Waals surface area contributed by atoms with E-state index in [4.69, 9.17) is 4.74 Å². The lowest BCUT2D eigenvalue weighted by Crippen LogP contribution is -2.61. The van der Waals surface area contributed by atoms with Crippen molar-refractivity contribution in [1.82, 2.24) is 15.1 Å². The van der Waals surface area contributed by atoms with Gasteiger partial charge in [0.1, 0.15) is 0 Å². The summed E-state index contributed by atoms with van der Waals surface area (Å²) in [6, 6.07) is 9.22. The molecular formula is C26H39N3O2. The second-order valence-electron chi connectivity index (χ2n) is 10.4. The van der Waals surface area contributed by atoms with E-state index in [0.29, 0.717) is 17.9 Å². The zero-order chi connectivity index (χ0) is 21.5. The molecule has 170 valence electrons. The highest BCUT2D eigenvalue weighted by molar-refractivity contribution is 5.85. The van der Waals surface area contributed by atoms with E-state index in [0.717, 1.165) is 78.0 Å². The number of morpholine rings is 1. The Bertz CT molecular complexity index is 802. The lowest BCUT2D eigenvalue weighted by Gasteiger charge is -2.53. The van der Waals surface area contributed by atoms with E-state index in [1.54, 1.807) is 0 Å². The van der Waals surface area contributed by atoms with Crippen LogP contribution in [0.25, 0.3) is 0 Å². The molecule has 4 aliphatic rings. The largest absolute Gasteiger partial charge is 0.379 e. The average Bonchev–Trinajstić information content (AvgIpc) is 3.59. The van der Waals surface area contributed by atoms with Gasteiger partial charge in [0, 0.05) is 25.7 Å². The van der Waals surface area contributed by atoms with E-state index in [1.807, 2.05) is 0 Å². The van der Waals surface area contributed by atoms with E-state index in [1.165, 1.54) is 17.5 Å². The highest BCUT2D eigenvalue weighted by Gasteiger charge is 2.56. The maximum atomic E-state index is 14.1. The third-order valence-corrected chi connectivity index (χ3v) is 8.79. The molecule has 0 aromatic heterocycles. The Morgan fingerprint density at radius 1 is 1.13 bits per heavy atom. The van der Waals surface area contributed by atoms with Gasteiger partial charge in [-0.1, -0.05) is 31.2 Å². The highest BCUT2D eigenvalue weighted by atomic mass is 16.5. The van der Waals surface area contributed by atoms with E-state index < -0.39 is 0 Å². The first-order valence-electron chi connectivity index (χ1n) is 12.5. The third-order valence-electron chi connectivity index (χ3n) is 8.79. The van der Waals surface area contributed by atoms with Gasteiger partial charge >= 0.3 is 0 Å². The minimum absolute atomic E-state index is 0.128. The molecule has 2 saturated heterocycles. The number of benzene rings is 1. The molecule has 3 atom stereocenters.